The van der Waals surface area contributed by atoms with Gasteiger partial charge in [0.15, 0.2) is 0 Å². The van der Waals surface area contributed by atoms with Gasteiger partial charge in [0.05, 0.1) is 20.8 Å². The first-order valence-corrected chi connectivity index (χ1v) is 11.6. The number of carbonyl (C=O) groups excluding carboxylic acids is 2. The van der Waals surface area contributed by atoms with Crippen molar-refractivity contribution in [3.8, 4) is 22.6 Å². The number of ether oxygens (including phenoxy) is 3. The largest absolute Gasteiger partial charge is 0.497 e. The lowest BCUT2D eigenvalue weighted by atomic mass is 10.0. The van der Waals surface area contributed by atoms with Gasteiger partial charge in [-0.1, -0.05) is 28.1 Å². The molecular weight excluding hydrogens is 494 g/mol. The smallest absolute Gasteiger partial charge is 0.341 e. The van der Waals surface area contributed by atoms with E-state index in [2.05, 4.69) is 21.2 Å². The summed E-state index contributed by atoms with van der Waals surface area (Å²) in [5.41, 5.74) is 2.03. The van der Waals surface area contributed by atoms with Gasteiger partial charge in [0.1, 0.15) is 22.1 Å². The number of hydrogen-bond acceptors (Lipinski definition) is 6. The van der Waals surface area contributed by atoms with Crippen LogP contribution in [0, 0.1) is 6.92 Å². The molecular formula is C24H24BrNO5S. The Bertz CT molecular complexity index is 1080. The number of rotatable bonds is 9. The topological polar surface area (TPSA) is 73.9 Å². The van der Waals surface area contributed by atoms with Gasteiger partial charge >= 0.3 is 5.97 Å². The Morgan fingerprint density at radius 1 is 1.00 bits per heavy atom. The van der Waals surface area contributed by atoms with Gasteiger partial charge < -0.3 is 19.5 Å². The third kappa shape index (κ3) is 5.89. The molecule has 0 unspecified atom stereocenters. The van der Waals surface area contributed by atoms with Gasteiger partial charge in [-0.2, -0.15) is 0 Å². The van der Waals surface area contributed by atoms with E-state index in [9.17, 15) is 9.59 Å². The summed E-state index contributed by atoms with van der Waals surface area (Å²) >= 11 is 4.79. The number of aryl methyl sites for hydroxylation is 1. The second-order valence-electron chi connectivity index (χ2n) is 6.91. The van der Waals surface area contributed by atoms with E-state index in [0.717, 1.165) is 26.2 Å². The number of methoxy groups -OCH3 is 2. The summed E-state index contributed by atoms with van der Waals surface area (Å²) in [4.78, 5) is 26.0. The van der Waals surface area contributed by atoms with E-state index in [0.29, 0.717) is 29.3 Å². The van der Waals surface area contributed by atoms with Crippen molar-refractivity contribution >= 4 is 44.1 Å². The van der Waals surface area contributed by atoms with Crippen molar-refractivity contribution in [1.82, 2.24) is 0 Å². The monoisotopic (exact) mass is 517 g/mol. The predicted octanol–water partition coefficient (Wildman–Crippen LogP) is 6.08. The van der Waals surface area contributed by atoms with Crippen LogP contribution in [0.5, 0.6) is 11.5 Å². The van der Waals surface area contributed by atoms with Crippen molar-refractivity contribution < 1.29 is 23.8 Å². The second-order valence-corrected chi connectivity index (χ2v) is 9.05. The van der Waals surface area contributed by atoms with Crippen LogP contribution in [0.15, 0.2) is 53.0 Å². The fourth-order valence-corrected chi connectivity index (χ4v) is 4.52. The molecule has 168 valence electrons. The summed E-state index contributed by atoms with van der Waals surface area (Å²) < 4.78 is 16.7. The fourth-order valence-electron chi connectivity index (χ4n) is 3.18. The van der Waals surface area contributed by atoms with Gasteiger partial charge in [-0.25, -0.2) is 4.79 Å². The summed E-state index contributed by atoms with van der Waals surface area (Å²) in [6.07, 6.45) is 0.802. The number of benzene rings is 2. The van der Waals surface area contributed by atoms with Crippen LogP contribution >= 0.6 is 27.3 Å². The standard InChI is InChI=1S/C24H24BrNO5S/c1-15-21(16-6-8-17(25)9-7-16)22(24(28)30-3)23(32-15)26-20(27)5-4-14-31-19-12-10-18(29-2)11-13-19/h6-13H,4-5,14H2,1-3H3,(H,26,27). The Balaban J connectivity index is 1.65. The van der Waals surface area contributed by atoms with Crippen LogP contribution in [0.25, 0.3) is 11.1 Å². The van der Waals surface area contributed by atoms with Crippen LogP contribution in [0.2, 0.25) is 0 Å². The van der Waals surface area contributed by atoms with Crippen LogP contribution in [-0.4, -0.2) is 32.7 Å². The first kappa shape index (κ1) is 23.8. The average molecular weight is 518 g/mol. The third-order valence-corrected chi connectivity index (χ3v) is 6.29. The minimum atomic E-state index is -0.481. The Morgan fingerprint density at radius 2 is 1.66 bits per heavy atom. The maximum atomic E-state index is 12.5. The quantitative estimate of drug-likeness (QED) is 0.275. The molecule has 0 bridgehead atoms. The molecule has 0 aliphatic heterocycles. The Labute approximate surface area is 199 Å². The lowest BCUT2D eigenvalue weighted by Crippen LogP contribution is -2.14. The van der Waals surface area contributed by atoms with Crippen LogP contribution < -0.4 is 14.8 Å². The summed E-state index contributed by atoms with van der Waals surface area (Å²) in [6.45, 7) is 2.32. The fraction of sp³-hybridized carbons (Fsp3) is 0.250. The molecule has 0 spiro atoms. The van der Waals surface area contributed by atoms with E-state index in [1.807, 2.05) is 55.5 Å². The van der Waals surface area contributed by atoms with E-state index in [4.69, 9.17) is 14.2 Å². The highest BCUT2D eigenvalue weighted by atomic mass is 79.9. The maximum absolute atomic E-state index is 12.5. The van der Waals surface area contributed by atoms with Crippen LogP contribution in [0.4, 0.5) is 5.00 Å². The number of nitrogens with one attached hydrogen (secondary N) is 1. The van der Waals surface area contributed by atoms with Gasteiger partial charge in [0, 0.05) is 21.3 Å². The van der Waals surface area contributed by atoms with Crippen molar-refractivity contribution in [3.63, 3.8) is 0 Å². The molecule has 32 heavy (non-hydrogen) atoms. The SMILES string of the molecule is COC(=O)c1c(NC(=O)CCCOc2ccc(OC)cc2)sc(C)c1-c1ccc(Br)cc1. The van der Waals surface area contributed by atoms with E-state index in [-0.39, 0.29) is 12.3 Å². The van der Waals surface area contributed by atoms with E-state index >= 15 is 0 Å². The molecule has 0 fully saturated rings. The van der Waals surface area contributed by atoms with Crippen molar-refractivity contribution in [2.75, 3.05) is 26.1 Å². The average Bonchev–Trinajstić information content (AvgIpc) is 3.12. The Hall–Kier alpha value is -2.84. The van der Waals surface area contributed by atoms with Gasteiger partial charge in [-0.05, 0) is 55.3 Å². The van der Waals surface area contributed by atoms with Crippen molar-refractivity contribution in [2.45, 2.75) is 19.8 Å². The second kappa shape index (κ2) is 11.2. The summed E-state index contributed by atoms with van der Waals surface area (Å²) in [5, 5.41) is 3.37. The number of halogens is 1. The highest BCUT2D eigenvalue weighted by molar-refractivity contribution is 9.10. The van der Waals surface area contributed by atoms with Gasteiger partial charge in [-0.3, -0.25) is 4.79 Å². The molecule has 0 aliphatic carbocycles. The summed E-state index contributed by atoms with van der Waals surface area (Å²) in [5.74, 6) is 0.807. The summed E-state index contributed by atoms with van der Waals surface area (Å²) in [6, 6.07) is 14.9. The van der Waals surface area contributed by atoms with E-state index in [1.165, 1.54) is 18.4 Å². The number of anilines is 1. The molecule has 8 heteroatoms. The molecule has 1 N–H and O–H groups in total. The van der Waals surface area contributed by atoms with Crippen LogP contribution in [0.1, 0.15) is 28.1 Å². The zero-order valence-electron chi connectivity index (χ0n) is 18.1. The molecule has 1 amide bonds. The molecule has 1 heterocycles. The highest BCUT2D eigenvalue weighted by Gasteiger charge is 2.25. The molecule has 0 saturated carbocycles. The van der Waals surface area contributed by atoms with Crippen molar-refractivity contribution in [3.05, 3.63) is 63.4 Å². The lowest BCUT2D eigenvalue weighted by Gasteiger charge is -2.09. The van der Waals surface area contributed by atoms with Crippen LogP contribution in [0.3, 0.4) is 0 Å². The zero-order chi connectivity index (χ0) is 23.1. The number of carbonyl (C=O) groups is 2. The molecule has 3 rings (SSSR count). The minimum Gasteiger partial charge on any atom is -0.497 e. The maximum Gasteiger partial charge on any atom is 0.341 e. The Kier molecular flexibility index (Phi) is 8.30. The van der Waals surface area contributed by atoms with Gasteiger partial charge in [-0.15, -0.1) is 11.3 Å². The number of thiophene rings is 1. The molecule has 6 nitrogen and oxygen atoms in total. The van der Waals surface area contributed by atoms with Crippen LogP contribution in [-0.2, 0) is 9.53 Å². The van der Waals surface area contributed by atoms with Crippen molar-refractivity contribution in [2.24, 2.45) is 0 Å². The van der Waals surface area contributed by atoms with E-state index < -0.39 is 5.97 Å². The van der Waals surface area contributed by atoms with E-state index in [1.54, 1.807) is 7.11 Å². The normalized spacial score (nSPS) is 10.5. The molecule has 3 aromatic rings. The number of hydrogen-bond donors (Lipinski definition) is 1. The third-order valence-electron chi connectivity index (χ3n) is 4.74. The molecule has 0 atom stereocenters. The van der Waals surface area contributed by atoms with Gasteiger partial charge in [0.25, 0.3) is 0 Å². The molecule has 0 radical (unpaired) electrons. The molecule has 1 aromatic heterocycles. The minimum absolute atomic E-state index is 0.183. The Morgan fingerprint density at radius 3 is 2.28 bits per heavy atom. The predicted molar refractivity (Wildman–Crippen MR) is 130 cm³/mol. The summed E-state index contributed by atoms with van der Waals surface area (Å²) in [7, 11) is 2.94. The molecule has 2 aromatic carbocycles. The molecule has 0 saturated heterocycles. The number of esters is 1. The molecule has 0 aliphatic rings. The zero-order valence-corrected chi connectivity index (χ0v) is 20.5. The highest BCUT2D eigenvalue weighted by Crippen LogP contribution is 2.40. The van der Waals surface area contributed by atoms with Crippen molar-refractivity contribution in [1.29, 1.82) is 0 Å². The van der Waals surface area contributed by atoms with Gasteiger partial charge in [0.2, 0.25) is 5.91 Å². The first-order chi connectivity index (χ1) is 15.4. The lowest BCUT2D eigenvalue weighted by molar-refractivity contribution is -0.116. The first-order valence-electron chi connectivity index (χ1n) is 9.97. The number of amides is 1.